The molecule has 0 fully saturated rings. The van der Waals surface area contributed by atoms with Gasteiger partial charge in [-0.05, 0) is 40.9 Å². The highest BCUT2D eigenvalue weighted by atomic mass is 79.9. The van der Waals surface area contributed by atoms with Crippen LogP contribution in [0.2, 0.25) is 0 Å². The van der Waals surface area contributed by atoms with Crippen LogP contribution in [0.25, 0.3) is 0 Å². The van der Waals surface area contributed by atoms with Crippen molar-refractivity contribution in [3.63, 3.8) is 0 Å². The molecule has 0 saturated carbocycles. The van der Waals surface area contributed by atoms with Gasteiger partial charge < -0.3 is 5.32 Å². The molecule has 2 aromatic heterocycles. The lowest BCUT2D eigenvalue weighted by molar-refractivity contribution is 0.625. The Morgan fingerprint density at radius 3 is 2.53 bits per heavy atom. The van der Waals surface area contributed by atoms with Crippen molar-refractivity contribution in [3.8, 4) is 0 Å². The minimum atomic E-state index is 0.837. The van der Waals surface area contributed by atoms with Gasteiger partial charge in [0.25, 0.3) is 0 Å². The second kappa shape index (κ2) is 6.68. The third kappa shape index (κ3) is 3.46. The van der Waals surface area contributed by atoms with Gasteiger partial charge in [0.15, 0.2) is 0 Å². The summed E-state index contributed by atoms with van der Waals surface area (Å²) in [5.41, 5.74) is 2.34. The van der Waals surface area contributed by atoms with Gasteiger partial charge in [-0.2, -0.15) is 5.10 Å². The molecule has 0 aromatic carbocycles. The number of nitrogens with zero attached hydrogens (tertiary/aromatic N) is 2. The SMILES string of the molecule is CCc1ccc(CNCc2c(Br)c(CC)nn2C)s1. The normalized spacial score (nSPS) is 11.2. The number of nitrogens with one attached hydrogen (secondary N) is 1. The number of hydrogen-bond acceptors (Lipinski definition) is 3. The lowest BCUT2D eigenvalue weighted by atomic mass is 10.3. The maximum absolute atomic E-state index is 4.50. The third-order valence-corrected chi connectivity index (χ3v) is 5.31. The van der Waals surface area contributed by atoms with E-state index < -0.39 is 0 Å². The second-order valence-electron chi connectivity index (χ2n) is 4.51. The van der Waals surface area contributed by atoms with E-state index in [1.807, 2.05) is 23.1 Å². The molecule has 0 saturated heterocycles. The topological polar surface area (TPSA) is 29.9 Å². The van der Waals surface area contributed by atoms with Gasteiger partial charge in [0.05, 0.1) is 15.9 Å². The molecule has 0 bridgehead atoms. The number of hydrogen-bond donors (Lipinski definition) is 1. The molecule has 0 spiro atoms. The van der Waals surface area contributed by atoms with Crippen molar-refractivity contribution >= 4 is 27.3 Å². The summed E-state index contributed by atoms with van der Waals surface area (Å²) in [5, 5.41) is 8.00. The summed E-state index contributed by atoms with van der Waals surface area (Å²) >= 11 is 5.53. The van der Waals surface area contributed by atoms with Crippen LogP contribution in [0.3, 0.4) is 0 Å². The Kier molecular flexibility index (Phi) is 5.19. The maximum Gasteiger partial charge on any atom is 0.0767 e. The fourth-order valence-electron chi connectivity index (χ4n) is 2.02. The Labute approximate surface area is 127 Å². The monoisotopic (exact) mass is 341 g/mol. The van der Waals surface area contributed by atoms with Gasteiger partial charge in [-0.25, -0.2) is 0 Å². The highest BCUT2D eigenvalue weighted by Gasteiger charge is 2.11. The molecule has 0 aliphatic heterocycles. The van der Waals surface area contributed by atoms with Gasteiger partial charge in [0.1, 0.15) is 0 Å². The molecule has 0 aliphatic carbocycles. The summed E-state index contributed by atoms with van der Waals surface area (Å²) in [6.45, 7) is 6.08. The standard InChI is InChI=1S/C14H20BrN3S/c1-4-10-6-7-11(19-10)8-16-9-13-14(15)12(5-2)17-18(13)3/h6-7,16H,4-5,8-9H2,1-3H3. The zero-order valence-electron chi connectivity index (χ0n) is 11.7. The van der Waals surface area contributed by atoms with E-state index in [0.717, 1.165) is 36.1 Å². The molecule has 1 N–H and O–H groups in total. The zero-order chi connectivity index (χ0) is 13.8. The summed E-state index contributed by atoms with van der Waals surface area (Å²) in [6, 6.07) is 4.43. The predicted octanol–water partition coefficient (Wildman–Crippen LogP) is 3.66. The summed E-state index contributed by atoms with van der Waals surface area (Å²) in [5.74, 6) is 0. The highest BCUT2D eigenvalue weighted by Crippen LogP contribution is 2.22. The summed E-state index contributed by atoms with van der Waals surface area (Å²) in [6.07, 6.45) is 2.08. The van der Waals surface area contributed by atoms with Crippen molar-refractivity contribution in [2.45, 2.75) is 39.8 Å². The average Bonchev–Trinajstić information content (AvgIpc) is 2.97. The van der Waals surface area contributed by atoms with E-state index in [1.165, 1.54) is 15.4 Å². The Bertz CT molecular complexity index is 545. The molecule has 0 amide bonds. The van der Waals surface area contributed by atoms with Crippen molar-refractivity contribution in [2.75, 3.05) is 0 Å². The number of halogens is 1. The third-order valence-electron chi connectivity index (χ3n) is 3.16. The number of thiophene rings is 1. The minimum Gasteiger partial charge on any atom is -0.306 e. The van der Waals surface area contributed by atoms with Crippen LogP contribution in [0.5, 0.6) is 0 Å². The smallest absolute Gasteiger partial charge is 0.0767 e. The molecule has 0 unspecified atom stereocenters. The first-order valence-electron chi connectivity index (χ1n) is 6.64. The molecule has 3 nitrogen and oxygen atoms in total. The van der Waals surface area contributed by atoms with E-state index in [9.17, 15) is 0 Å². The van der Waals surface area contributed by atoms with Gasteiger partial charge in [0, 0.05) is 29.9 Å². The highest BCUT2D eigenvalue weighted by molar-refractivity contribution is 9.10. The van der Waals surface area contributed by atoms with E-state index in [-0.39, 0.29) is 0 Å². The lowest BCUT2D eigenvalue weighted by Gasteiger charge is -2.04. The second-order valence-corrected chi connectivity index (χ2v) is 6.56. The fourth-order valence-corrected chi connectivity index (χ4v) is 3.71. The van der Waals surface area contributed by atoms with Crippen LogP contribution in [-0.4, -0.2) is 9.78 Å². The Balaban J connectivity index is 1.94. The number of aromatic nitrogens is 2. The van der Waals surface area contributed by atoms with Gasteiger partial charge in [0.2, 0.25) is 0 Å². The molecular formula is C14H20BrN3S. The predicted molar refractivity (Wildman–Crippen MR) is 84.5 cm³/mol. The van der Waals surface area contributed by atoms with Crippen LogP contribution < -0.4 is 5.32 Å². The van der Waals surface area contributed by atoms with Gasteiger partial charge in [-0.15, -0.1) is 11.3 Å². The summed E-state index contributed by atoms with van der Waals surface area (Å²) in [7, 11) is 2.00. The van der Waals surface area contributed by atoms with Gasteiger partial charge in [-0.1, -0.05) is 13.8 Å². The van der Waals surface area contributed by atoms with E-state index in [2.05, 4.69) is 52.3 Å². The van der Waals surface area contributed by atoms with Crippen LogP contribution in [0.15, 0.2) is 16.6 Å². The van der Waals surface area contributed by atoms with Gasteiger partial charge >= 0.3 is 0 Å². The van der Waals surface area contributed by atoms with Gasteiger partial charge in [-0.3, -0.25) is 4.68 Å². The lowest BCUT2D eigenvalue weighted by Crippen LogP contribution is -2.14. The molecule has 2 rings (SSSR count). The number of aryl methyl sites for hydroxylation is 3. The van der Waals surface area contributed by atoms with Crippen LogP contribution in [0, 0.1) is 0 Å². The molecular weight excluding hydrogens is 322 g/mol. The Hall–Kier alpha value is -0.650. The van der Waals surface area contributed by atoms with Crippen molar-refractivity contribution < 1.29 is 0 Å². The van der Waals surface area contributed by atoms with Crippen LogP contribution in [-0.2, 0) is 33.0 Å². The molecule has 5 heteroatoms. The number of rotatable bonds is 6. The van der Waals surface area contributed by atoms with E-state index in [4.69, 9.17) is 0 Å². The average molecular weight is 342 g/mol. The fraction of sp³-hybridized carbons (Fsp3) is 0.500. The van der Waals surface area contributed by atoms with Crippen molar-refractivity contribution in [2.24, 2.45) is 7.05 Å². The molecule has 0 radical (unpaired) electrons. The Morgan fingerprint density at radius 2 is 1.95 bits per heavy atom. The van der Waals surface area contributed by atoms with E-state index >= 15 is 0 Å². The molecule has 2 heterocycles. The first-order valence-corrected chi connectivity index (χ1v) is 8.25. The molecule has 19 heavy (non-hydrogen) atoms. The largest absolute Gasteiger partial charge is 0.306 e. The minimum absolute atomic E-state index is 0.837. The molecule has 0 atom stereocenters. The first kappa shape index (κ1) is 14.8. The zero-order valence-corrected chi connectivity index (χ0v) is 14.1. The summed E-state index contributed by atoms with van der Waals surface area (Å²) < 4.78 is 3.10. The van der Waals surface area contributed by atoms with Crippen LogP contribution >= 0.6 is 27.3 Å². The van der Waals surface area contributed by atoms with Crippen LogP contribution in [0.1, 0.15) is 35.0 Å². The van der Waals surface area contributed by atoms with E-state index in [0.29, 0.717) is 0 Å². The maximum atomic E-state index is 4.50. The quantitative estimate of drug-likeness (QED) is 0.868. The van der Waals surface area contributed by atoms with Crippen molar-refractivity contribution in [1.29, 1.82) is 0 Å². The van der Waals surface area contributed by atoms with Crippen molar-refractivity contribution in [1.82, 2.24) is 15.1 Å². The van der Waals surface area contributed by atoms with Crippen molar-refractivity contribution in [3.05, 3.63) is 37.7 Å². The molecule has 2 aromatic rings. The van der Waals surface area contributed by atoms with E-state index in [1.54, 1.807) is 0 Å². The molecule has 0 aliphatic rings. The first-order chi connectivity index (χ1) is 9.15. The summed E-state index contributed by atoms with van der Waals surface area (Å²) in [4.78, 5) is 2.85. The Morgan fingerprint density at radius 1 is 1.21 bits per heavy atom. The van der Waals surface area contributed by atoms with Crippen LogP contribution in [0.4, 0.5) is 0 Å². The molecule has 104 valence electrons.